The molecule has 2 fully saturated rings. The number of ketones is 3. The van der Waals surface area contributed by atoms with E-state index in [1.165, 1.54) is 0 Å². The number of hydrogen-bond acceptors (Lipinski definition) is 5. The van der Waals surface area contributed by atoms with Crippen LogP contribution in [0.25, 0.3) is 0 Å². The highest BCUT2D eigenvalue weighted by Gasteiger charge is 2.81. The molecular formula is C28H21NO3S. The van der Waals surface area contributed by atoms with E-state index in [1.54, 1.807) is 36.0 Å². The van der Waals surface area contributed by atoms with Crippen LogP contribution in [0.15, 0.2) is 78.9 Å². The highest BCUT2D eigenvalue weighted by molar-refractivity contribution is 7.99. The van der Waals surface area contributed by atoms with Gasteiger partial charge < -0.3 is 0 Å². The molecule has 2 spiro atoms. The van der Waals surface area contributed by atoms with Crippen LogP contribution in [0.3, 0.4) is 0 Å². The summed E-state index contributed by atoms with van der Waals surface area (Å²) in [7, 11) is 0. The van der Waals surface area contributed by atoms with Crippen LogP contribution in [-0.2, 0) is 6.42 Å². The van der Waals surface area contributed by atoms with Crippen LogP contribution in [0, 0.1) is 5.41 Å². The van der Waals surface area contributed by atoms with Gasteiger partial charge in [0.1, 0.15) is 0 Å². The van der Waals surface area contributed by atoms with Gasteiger partial charge >= 0.3 is 0 Å². The van der Waals surface area contributed by atoms with Crippen LogP contribution in [0.4, 0.5) is 0 Å². The first-order valence-corrected chi connectivity index (χ1v) is 12.5. The lowest BCUT2D eigenvalue weighted by Crippen LogP contribution is -2.64. The van der Waals surface area contributed by atoms with Crippen molar-refractivity contribution in [2.45, 2.75) is 23.9 Å². The molecule has 0 amide bonds. The third-order valence-electron chi connectivity index (χ3n) is 8.28. The molecule has 0 aromatic heterocycles. The van der Waals surface area contributed by atoms with E-state index in [-0.39, 0.29) is 29.3 Å². The number of rotatable bonds is 1. The van der Waals surface area contributed by atoms with Gasteiger partial charge in [-0.15, -0.1) is 11.8 Å². The molecule has 162 valence electrons. The highest BCUT2D eigenvalue weighted by Crippen LogP contribution is 2.67. The second-order valence-corrected chi connectivity index (χ2v) is 10.5. The Kier molecular flexibility index (Phi) is 3.84. The molecule has 4 nitrogen and oxygen atoms in total. The first kappa shape index (κ1) is 19.4. The van der Waals surface area contributed by atoms with Crippen molar-refractivity contribution >= 4 is 29.1 Å². The van der Waals surface area contributed by atoms with Crippen LogP contribution in [0.5, 0.6) is 0 Å². The van der Waals surface area contributed by atoms with Gasteiger partial charge in [0.25, 0.3) is 0 Å². The van der Waals surface area contributed by atoms with Gasteiger partial charge in [-0.2, -0.15) is 0 Å². The number of hydrogen-bond donors (Lipinski definition) is 0. The average Bonchev–Trinajstić information content (AvgIpc) is 3.55. The lowest BCUT2D eigenvalue weighted by Gasteiger charge is -2.43. The van der Waals surface area contributed by atoms with Gasteiger partial charge in [0.2, 0.25) is 0 Å². The van der Waals surface area contributed by atoms with Crippen molar-refractivity contribution in [2.24, 2.45) is 5.41 Å². The van der Waals surface area contributed by atoms with Crippen molar-refractivity contribution in [1.29, 1.82) is 0 Å². The quantitative estimate of drug-likeness (QED) is 0.514. The van der Waals surface area contributed by atoms with Crippen LogP contribution in [0.2, 0.25) is 0 Å². The first-order chi connectivity index (χ1) is 16.1. The molecule has 3 aromatic rings. The standard InChI is InChI=1S/C28H21NO3S/c30-24-19-11-5-4-10-18(19)14-27(24)23(17-8-2-1-3-9-17)22-15-33-16-29(22)28(27)25(31)20-12-6-7-13-21(20)26(28)32/h1-13,22-23H,14-16H2/t22-,23-,27-/m1/s1. The fourth-order valence-corrected chi connectivity index (χ4v) is 8.46. The Morgan fingerprint density at radius 1 is 0.727 bits per heavy atom. The fourth-order valence-electron chi connectivity index (χ4n) is 7.15. The zero-order valence-corrected chi connectivity index (χ0v) is 18.7. The number of carbonyl (C=O) groups is 3. The first-order valence-electron chi connectivity index (χ1n) is 11.3. The Morgan fingerprint density at radius 3 is 2.00 bits per heavy atom. The maximum Gasteiger partial charge on any atom is 0.192 e. The summed E-state index contributed by atoms with van der Waals surface area (Å²) < 4.78 is 0. The number of thioether (sulfide) groups is 1. The predicted molar refractivity (Wildman–Crippen MR) is 127 cm³/mol. The molecule has 2 heterocycles. The Bertz CT molecular complexity index is 1330. The molecule has 7 rings (SSSR count). The normalized spacial score (nSPS) is 29.2. The molecule has 0 saturated carbocycles. The molecule has 33 heavy (non-hydrogen) atoms. The van der Waals surface area contributed by atoms with E-state index in [9.17, 15) is 14.4 Å². The van der Waals surface area contributed by atoms with Crippen LogP contribution in [0.1, 0.15) is 48.1 Å². The predicted octanol–water partition coefficient (Wildman–Crippen LogP) is 4.40. The Labute approximate surface area is 196 Å². The van der Waals surface area contributed by atoms with E-state index < -0.39 is 11.0 Å². The van der Waals surface area contributed by atoms with Gasteiger partial charge in [0.05, 0.1) is 5.41 Å². The van der Waals surface area contributed by atoms with Crippen LogP contribution >= 0.6 is 11.8 Å². The minimum absolute atomic E-state index is 0.0548. The largest absolute Gasteiger partial charge is 0.293 e. The summed E-state index contributed by atoms with van der Waals surface area (Å²) in [5.74, 6) is 0.677. The van der Waals surface area contributed by atoms with Crippen LogP contribution in [-0.4, -0.2) is 45.5 Å². The highest BCUT2D eigenvalue weighted by atomic mass is 32.2. The zero-order valence-electron chi connectivity index (χ0n) is 17.9. The lowest BCUT2D eigenvalue weighted by molar-refractivity contribution is 0.0320. The summed E-state index contributed by atoms with van der Waals surface area (Å²) in [6.07, 6.45) is 0.407. The van der Waals surface area contributed by atoms with Gasteiger partial charge in [-0.25, -0.2) is 0 Å². The van der Waals surface area contributed by atoms with Gasteiger partial charge in [-0.3, -0.25) is 19.3 Å². The molecule has 2 saturated heterocycles. The number of benzene rings is 3. The van der Waals surface area contributed by atoms with Gasteiger partial charge in [-0.05, 0) is 17.5 Å². The monoisotopic (exact) mass is 451 g/mol. The molecule has 2 aliphatic heterocycles. The Balaban J connectivity index is 1.58. The second-order valence-electron chi connectivity index (χ2n) is 9.47. The summed E-state index contributed by atoms with van der Waals surface area (Å²) in [5, 5.41) is 0. The lowest BCUT2D eigenvalue weighted by atomic mass is 9.58. The van der Waals surface area contributed by atoms with E-state index in [1.807, 2.05) is 42.5 Å². The number of Topliss-reactive ketones (excluding diaryl/α,β-unsaturated/α-hetero) is 3. The summed E-state index contributed by atoms with van der Waals surface area (Å²) >= 11 is 1.75. The summed E-state index contributed by atoms with van der Waals surface area (Å²) in [5.41, 5.74) is 0.879. The smallest absolute Gasteiger partial charge is 0.192 e. The van der Waals surface area contributed by atoms with Crippen molar-refractivity contribution in [1.82, 2.24) is 4.90 Å². The molecule has 3 aromatic carbocycles. The maximum atomic E-state index is 14.5. The van der Waals surface area contributed by atoms with Crippen molar-refractivity contribution in [2.75, 3.05) is 11.6 Å². The van der Waals surface area contributed by atoms with Gasteiger partial charge in [-0.1, -0.05) is 78.9 Å². The molecule has 3 atom stereocenters. The van der Waals surface area contributed by atoms with Crippen molar-refractivity contribution in [3.05, 3.63) is 107 Å². The number of nitrogens with zero attached hydrogens (tertiary/aromatic N) is 1. The van der Waals surface area contributed by atoms with E-state index >= 15 is 0 Å². The minimum Gasteiger partial charge on any atom is -0.293 e. The SMILES string of the molecule is O=C1c2ccccc2C(=O)C12N1CSC[C@@H]1[C@@H](c1ccccc1)[C@@]21Cc2ccccc2C1=O. The van der Waals surface area contributed by atoms with Crippen molar-refractivity contribution in [3.63, 3.8) is 0 Å². The third-order valence-corrected chi connectivity index (χ3v) is 9.32. The molecule has 4 aliphatic rings. The van der Waals surface area contributed by atoms with E-state index in [0.717, 1.165) is 16.9 Å². The Morgan fingerprint density at radius 2 is 1.33 bits per heavy atom. The number of fused-ring (bicyclic) bond motifs is 5. The van der Waals surface area contributed by atoms with Crippen molar-refractivity contribution in [3.8, 4) is 0 Å². The number of carbonyl (C=O) groups excluding carboxylic acids is 3. The third kappa shape index (κ3) is 2.07. The summed E-state index contributed by atoms with van der Waals surface area (Å²) in [6, 6.07) is 24.8. The Hall–Kier alpha value is -3.02. The summed E-state index contributed by atoms with van der Waals surface area (Å²) in [4.78, 5) is 45.4. The molecular weight excluding hydrogens is 430 g/mol. The van der Waals surface area contributed by atoms with Gasteiger partial charge in [0.15, 0.2) is 22.9 Å². The fraction of sp³-hybridized carbons (Fsp3) is 0.250. The second kappa shape index (κ2) is 6.52. The molecule has 0 bridgehead atoms. The van der Waals surface area contributed by atoms with Gasteiger partial charge in [0, 0.05) is 40.3 Å². The zero-order chi connectivity index (χ0) is 22.4. The van der Waals surface area contributed by atoms with E-state index in [0.29, 0.717) is 29.0 Å². The minimum atomic E-state index is -1.50. The summed E-state index contributed by atoms with van der Waals surface area (Å²) in [6.45, 7) is 0. The average molecular weight is 452 g/mol. The maximum absolute atomic E-state index is 14.5. The molecule has 0 unspecified atom stereocenters. The van der Waals surface area contributed by atoms with E-state index in [2.05, 4.69) is 17.0 Å². The van der Waals surface area contributed by atoms with Crippen molar-refractivity contribution < 1.29 is 14.4 Å². The molecule has 0 radical (unpaired) electrons. The molecule has 0 N–H and O–H groups in total. The topological polar surface area (TPSA) is 54.5 Å². The molecule has 5 heteroatoms. The van der Waals surface area contributed by atoms with E-state index in [4.69, 9.17) is 0 Å². The van der Waals surface area contributed by atoms with Crippen LogP contribution < -0.4 is 0 Å². The molecule has 2 aliphatic carbocycles.